The SMILES string of the molecule is Cc1ccc(OCC(=O)NCCOc2cccc(F)c2)cc1. The fraction of sp³-hybridized carbons (Fsp3) is 0.235. The summed E-state index contributed by atoms with van der Waals surface area (Å²) in [5.74, 6) is 0.498. The molecule has 116 valence electrons. The highest BCUT2D eigenvalue weighted by molar-refractivity contribution is 5.77. The maximum atomic E-state index is 12.9. The number of hydrogen-bond acceptors (Lipinski definition) is 3. The molecule has 0 saturated heterocycles. The molecule has 2 rings (SSSR count). The van der Waals surface area contributed by atoms with Crippen LogP contribution in [0.4, 0.5) is 4.39 Å². The zero-order valence-electron chi connectivity index (χ0n) is 12.3. The fourth-order valence-corrected chi connectivity index (χ4v) is 1.75. The lowest BCUT2D eigenvalue weighted by Gasteiger charge is -2.09. The van der Waals surface area contributed by atoms with E-state index in [2.05, 4.69) is 5.32 Å². The standard InChI is InChI=1S/C17H18FNO3/c1-13-5-7-15(8-6-13)22-12-17(20)19-9-10-21-16-4-2-3-14(18)11-16/h2-8,11H,9-10,12H2,1H3,(H,19,20). The van der Waals surface area contributed by atoms with Crippen LogP contribution in [0, 0.1) is 12.7 Å². The maximum Gasteiger partial charge on any atom is 0.258 e. The van der Waals surface area contributed by atoms with E-state index in [9.17, 15) is 9.18 Å². The molecular formula is C17H18FNO3. The molecule has 0 aliphatic carbocycles. The first-order valence-corrected chi connectivity index (χ1v) is 6.98. The quantitative estimate of drug-likeness (QED) is 0.800. The summed E-state index contributed by atoms with van der Waals surface area (Å²) in [5.41, 5.74) is 1.13. The van der Waals surface area contributed by atoms with E-state index < -0.39 is 0 Å². The molecule has 0 bridgehead atoms. The van der Waals surface area contributed by atoms with Gasteiger partial charge in [-0.15, -0.1) is 0 Å². The van der Waals surface area contributed by atoms with Gasteiger partial charge in [0, 0.05) is 6.07 Å². The van der Waals surface area contributed by atoms with Crippen molar-refractivity contribution in [2.45, 2.75) is 6.92 Å². The number of amides is 1. The van der Waals surface area contributed by atoms with Crippen LogP contribution in [-0.4, -0.2) is 25.7 Å². The normalized spacial score (nSPS) is 10.1. The van der Waals surface area contributed by atoms with Crippen LogP contribution >= 0.6 is 0 Å². The third-order valence-electron chi connectivity index (χ3n) is 2.88. The van der Waals surface area contributed by atoms with Crippen molar-refractivity contribution in [3.63, 3.8) is 0 Å². The minimum absolute atomic E-state index is 0.0526. The molecular weight excluding hydrogens is 285 g/mol. The lowest BCUT2D eigenvalue weighted by atomic mass is 10.2. The van der Waals surface area contributed by atoms with E-state index in [-0.39, 0.29) is 24.9 Å². The lowest BCUT2D eigenvalue weighted by Crippen LogP contribution is -2.32. The first-order valence-electron chi connectivity index (χ1n) is 6.98. The number of benzene rings is 2. The Labute approximate surface area is 128 Å². The smallest absolute Gasteiger partial charge is 0.258 e. The minimum atomic E-state index is -0.354. The predicted octanol–water partition coefficient (Wildman–Crippen LogP) is 2.71. The zero-order valence-corrected chi connectivity index (χ0v) is 12.3. The van der Waals surface area contributed by atoms with Gasteiger partial charge in [-0.3, -0.25) is 4.79 Å². The fourth-order valence-electron chi connectivity index (χ4n) is 1.75. The number of carbonyl (C=O) groups is 1. The molecule has 1 amide bonds. The van der Waals surface area contributed by atoms with Crippen LogP contribution in [0.5, 0.6) is 11.5 Å². The molecule has 1 N–H and O–H groups in total. The van der Waals surface area contributed by atoms with Crippen LogP contribution in [0.3, 0.4) is 0 Å². The molecule has 0 saturated carbocycles. The van der Waals surface area contributed by atoms with E-state index in [0.29, 0.717) is 18.0 Å². The van der Waals surface area contributed by atoms with E-state index in [1.807, 2.05) is 31.2 Å². The summed E-state index contributed by atoms with van der Waals surface area (Å²) >= 11 is 0. The summed E-state index contributed by atoms with van der Waals surface area (Å²) in [6.45, 7) is 2.52. The van der Waals surface area contributed by atoms with Crippen molar-refractivity contribution in [1.29, 1.82) is 0 Å². The molecule has 0 unspecified atom stereocenters. The molecule has 0 fully saturated rings. The van der Waals surface area contributed by atoms with Gasteiger partial charge in [0.05, 0.1) is 6.54 Å². The summed E-state index contributed by atoms with van der Waals surface area (Å²) in [6, 6.07) is 13.3. The van der Waals surface area contributed by atoms with Crippen molar-refractivity contribution in [2.75, 3.05) is 19.8 Å². The first-order chi connectivity index (χ1) is 10.6. The van der Waals surface area contributed by atoms with E-state index >= 15 is 0 Å². The van der Waals surface area contributed by atoms with Gasteiger partial charge in [0.1, 0.15) is 23.9 Å². The van der Waals surface area contributed by atoms with E-state index in [1.54, 1.807) is 12.1 Å². The Morgan fingerprint density at radius 1 is 1.09 bits per heavy atom. The Bertz CT molecular complexity index is 614. The van der Waals surface area contributed by atoms with Crippen molar-refractivity contribution < 1.29 is 18.7 Å². The van der Waals surface area contributed by atoms with Crippen molar-refractivity contribution >= 4 is 5.91 Å². The zero-order chi connectivity index (χ0) is 15.8. The molecule has 0 aromatic heterocycles. The van der Waals surface area contributed by atoms with Crippen LogP contribution in [0.15, 0.2) is 48.5 Å². The Kier molecular flexibility index (Phi) is 5.77. The Morgan fingerprint density at radius 3 is 2.59 bits per heavy atom. The number of nitrogens with one attached hydrogen (secondary N) is 1. The van der Waals surface area contributed by atoms with Gasteiger partial charge in [0.25, 0.3) is 5.91 Å². The van der Waals surface area contributed by atoms with Crippen molar-refractivity contribution in [3.8, 4) is 11.5 Å². The Morgan fingerprint density at radius 2 is 1.86 bits per heavy atom. The number of aryl methyl sites for hydroxylation is 1. The molecule has 0 heterocycles. The lowest BCUT2D eigenvalue weighted by molar-refractivity contribution is -0.123. The van der Waals surface area contributed by atoms with Crippen LogP contribution < -0.4 is 14.8 Å². The average molecular weight is 303 g/mol. The molecule has 0 aliphatic rings. The van der Waals surface area contributed by atoms with Gasteiger partial charge in [0.2, 0.25) is 0 Å². The molecule has 2 aromatic rings. The number of ether oxygens (including phenoxy) is 2. The van der Waals surface area contributed by atoms with Crippen LogP contribution in [0.2, 0.25) is 0 Å². The first kappa shape index (κ1) is 15.8. The monoisotopic (exact) mass is 303 g/mol. The second kappa shape index (κ2) is 8.02. The third kappa shape index (κ3) is 5.44. The van der Waals surface area contributed by atoms with Gasteiger partial charge in [-0.25, -0.2) is 4.39 Å². The molecule has 2 aromatic carbocycles. The van der Waals surface area contributed by atoms with Crippen molar-refractivity contribution in [1.82, 2.24) is 5.32 Å². The number of carbonyl (C=O) groups excluding carboxylic acids is 1. The minimum Gasteiger partial charge on any atom is -0.492 e. The van der Waals surface area contributed by atoms with Gasteiger partial charge in [-0.1, -0.05) is 23.8 Å². The number of hydrogen-bond donors (Lipinski definition) is 1. The van der Waals surface area contributed by atoms with Crippen LogP contribution in [0.25, 0.3) is 0 Å². The Balaban J connectivity index is 1.62. The number of halogens is 1. The summed E-state index contributed by atoms with van der Waals surface area (Å²) in [6.07, 6.45) is 0. The molecule has 0 radical (unpaired) electrons. The Hall–Kier alpha value is -2.56. The molecule has 0 atom stereocenters. The second-order valence-electron chi connectivity index (χ2n) is 4.76. The molecule has 5 heteroatoms. The van der Waals surface area contributed by atoms with Gasteiger partial charge in [0.15, 0.2) is 6.61 Å². The largest absolute Gasteiger partial charge is 0.492 e. The molecule has 22 heavy (non-hydrogen) atoms. The predicted molar refractivity (Wildman–Crippen MR) is 81.6 cm³/mol. The maximum absolute atomic E-state index is 12.9. The van der Waals surface area contributed by atoms with Gasteiger partial charge >= 0.3 is 0 Å². The summed E-state index contributed by atoms with van der Waals surface area (Å²) in [5, 5.41) is 2.67. The topological polar surface area (TPSA) is 47.6 Å². The van der Waals surface area contributed by atoms with E-state index in [4.69, 9.17) is 9.47 Å². The van der Waals surface area contributed by atoms with Crippen molar-refractivity contribution in [3.05, 3.63) is 59.9 Å². The second-order valence-corrected chi connectivity index (χ2v) is 4.76. The highest BCUT2D eigenvalue weighted by Crippen LogP contribution is 2.12. The van der Waals surface area contributed by atoms with E-state index in [0.717, 1.165) is 5.56 Å². The number of rotatable bonds is 7. The summed E-state index contributed by atoms with van der Waals surface area (Å²) in [4.78, 5) is 11.6. The summed E-state index contributed by atoms with van der Waals surface area (Å²) < 4.78 is 23.6. The van der Waals surface area contributed by atoms with Crippen LogP contribution in [0.1, 0.15) is 5.56 Å². The molecule has 0 spiro atoms. The molecule has 0 aliphatic heterocycles. The van der Waals surface area contributed by atoms with Crippen LogP contribution in [-0.2, 0) is 4.79 Å². The highest BCUT2D eigenvalue weighted by Gasteiger charge is 2.02. The highest BCUT2D eigenvalue weighted by atomic mass is 19.1. The third-order valence-corrected chi connectivity index (χ3v) is 2.88. The molecule has 4 nitrogen and oxygen atoms in total. The summed E-state index contributed by atoms with van der Waals surface area (Å²) in [7, 11) is 0. The average Bonchev–Trinajstić information content (AvgIpc) is 2.51. The van der Waals surface area contributed by atoms with Crippen molar-refractivity contribution in [2.24, 2.45) is 0 Å². The van der Waals surface area contributed by atoms with Gasteiger partial charge in [-0.05, 0) is 31.2 Å². The van der Waals surface area contributed by atoms with E-state index in [1.165, 1.54) is 12.1 Å². The van der Waals surface area contributed by atoms with Gasteiger partial charge in [-0.2, -0.15) is 0 Å². The van der Waals surface area contributed by atoms with Gasteiger partial charge < -0.3 is 14.8 Å².